The Balaban J connectivity index is 1.76. The molecule has 29 heavy (non-hydrogen) atoms. The van der Waals surface area contributed by atoms with Crippen LogP contribution in [-0.2, 0) is 0 Å². The largest absolute Gasteiger partial charge is 0.507 e. The minimum atomic E-state index is 0.137. The molecule has 2 N–H and O–H groups in total. The number of pyridine rings is 1. The van der Waals surface area contributed by atoms with Crippen molar-refractivity contribution in [2.24, 2.45) is 5.92 Å². The van der Waals surface area contributed by atoms with Gasteiger partial charge in [-0.1, -0.05) is 31.5 Å². The van der Waals surface area contributed by atoms with Crippen LogP contribution in [0.2, 0.25) is 5.02 Å². The van der Waals surface area contributed by atoms with Gasteiger partial charge in [-0.25, -0.2) is 4.98 Å². The third kappa shape index (κ3) is 4.40. The van der Waals surface area contributed by atoms with Crippen molar-refractivity contribution in [2.75, 3.05) is 18.7 Å². The van der Waals surface area contributed by atoms with Crippen LogP contribution in [0.1, 0.15) is 20.3 Å². The lowest BCUT2D eigenvalue weighted by molar-refractivity contribution is 0.174. The fourth-order valence-corrected chi connectivity index (χ4v) is 3.38. The SMILES string of the molecule is CC(C)CCNc1cc(-c2ccc3c(c2)OCO3)cc(-c2cc(Cl)ccc2O)n1. The van der Waals surface area contributed by atoms with Gasteiger partial charge in [-0.05, 0) is 65.9 Å². The molecular weight excluding hydrogens is 388 g/mol. The first-order chi connectivity index (χ1) is 14.0. The third-order valence-electron chi connectivity index (χ3n) is 4.79. The van der Waals surface area contributed by atoms with Gasteiger partial charge < -0.3 is 19.9 Å². The molecule has 2 heterocycles. The van der Waals surface area contributed by atoms with E-state index in [1.54, 1.807) is 18.2 Å². The van der Waals surface area contributed by atoms with Crippen LogP contribution in [-0.4, -0.2) is 23.4 Å². The number of ether oxygens (including phenoxy) is 2. The highest BCUT2D eigenvalue weighted by Crippen LogP contribution is 2.38. The first kappa shape index (κ1) is 19.4. The Labute approximate surface area is 175 Å². The molecule has 0 saturated heterocycles. The number of aromatic nitrogens is 1. The Morgan fingerprint density at radius 3 is 2.69 bits per heavy atom. The molecule has 0 saturated carbocycles. The van der Waals surface area contributed by atoms with Crippen LogP contribution in [0.25, 0.3) is 22.4 Å². The van der Waals surface area contributed by atoms with Crippen molar-refractivity contribution >= 4 is 17.4 Å². The monoisotopic (exact) mass is 410 g/mol. The van der Waals surface area contributed by atoms with Gasteiger partial charge in [0.1, 0.15) is 11.6 Å². The molecule has 5 nitrogen and oxygen atoms in total. The number of anilines is 1. The number of phenols is 1. The standard InChI is InChI=1S/C23H23ClN2O3/c1-14(2)7-8-25-23-11-16(15-3-6-21-22(10-15)29-13-28-21)9-19(26-23)18-12-17(24)4-5-20(18)27/h3-6,9-12,14,27H,7-8,13H2,1-2H3,(H,25,26). The number of fused-ring (bicyclic) bond motifs is 1. The average molecular weight is 411 g/mol. The molecule has 0 fully saturated rings. The normalized spacial score (nSPS) is 12.4. The molecule has 3 aromatic rings. The first-order valence-corrected chi connectivity index (χ1v) is 10.0. The van der Waals surface area contributed by atoms with Gasteiger partial charge in [-0.15, -0.1) is 0 Å². The van der Waals surface area contributed by atoms with E-state index in [0.29, 0.717) is 22.2 Å². The maximum Gasteiger partial charge on any atom is 0.231 e. The van der Waals surface area contributed by atoms with Gasteiger partial charge in [-0.3, -0.25) is 0 Å². The molecule has 1 aliphatic heterocycles. The molecule has 0 bridgehead atoms. The minimum Gasteiger partial charge on any atom is -0.507 e. The van der Waals surface area contributed by atoms with Crippen LogP contribution >= 0.6 is 11.6 Å². The molecule has 0 amide bonds. The van der Waals surface area contributed by atoms with Crippen molar-refractivity contribution in [1.82, 2.24) is 4.98 Å². The fraction of sp³-hybridized carbons (Fsp3) is 0.261. The number of hydrogen-bond donors (Lipinski definition) is 2. The first-order valence-electron chi connectivity index (χ1n) is 9.64. The van der Waals surface area contributed by atoms with Gasteiger partial charge >= 0.3 is 0 Å². The van der Waals surface area contributed by atoms with E-state index in [1.807, 2.05) is 30.3 Å². The van der Waals surface area contributed by atoms with E-state index in [4.69, 9.17) is 26.1 Å². The summed E-state index contributed by atoms with van der Waals surface area (Å²) in [4.78, 5) is 4.71. The van der Waals surface area contributed by atoms with E-state index in [2.05, 4.69) is 19.2 Å². The van der Waals surface area contributed by atoms with Crippen molar-refractivity contribution in [1.29, 1.82) is 0 Å². The summed E-state index contributed by atoms with van der Waals surface area (Å²) in [6.07, 6.45) is 1.04. The molecule has 4 rings (SSSR count). The van der Waals surface area contributed by atoms with Gasteiger partial charge in [0.05, 0.1) is 5.69 Å². The van der Waals surface area contributed by atoms with Gasteiger partial charge in [0.15, 0.2) is 11.5 Å². The zero-order valence-electron chi connectivity index (χ0n) is 16.4. The Morgan fingerprint density at radius 1 is 1.03 bits per heavy atom. The Hall–Kier alpha value is -2.92. The van der Waals surface area contributed by atoms with Crippen molar-refractivity contribution in [3.8, 4) is 39.6 Å². The van der Waals surface area contributed by atoms with Crippen molar-refractivity contribution in [2.45, 2.75) is 20.3 Å². The number of aromatic hydroxyl groups is 1. The van der Waals surface area contributed by atoms with E-state index < -0.39 is 0 Å². The summed E-state index contributed by atoms with van der Waals surface area (Å²) in [6.45, 7) is 5.43. The molecule has 0 unspecified atom stereocenters. The van der Waals surface area contributed by atoms with Gasteiger partial charge in [0, 0.05) is 17.1 Å². The van der Waals surface area contributed by atoms with Gasteiger partial charge in [-0.2, -0.15) is 0 Å². The summed E-state index contributed by atoms with van der Waals surface area (Å²) < 4.78 is 10.9. The number of halogens is 1. The highest BCUT2D eigenvalue weighted by Gasteiger charge is 2.16. The van der Waals surface area contributed by atoms with Crippen LogP contribution in [0.3, 0.4) is 0 Å². The molecule has 0 radical (unpaired) electrons. The summed E-state index contributed by atoms with van der Waals surface area (Å²) in [6, 6.07) is 14.8. The summed E-state index contributed by atoms with van der Waals surface area (Å²) in [5.74, 6) is 2.94. The second kappa shape index (κ2) is 8.21. The van der Waals surface area contributed by atoms with E-state index in [-0.39, 0.29) is 12.5 Å². The zero-order valence-corrected chi connectivity index (χ0v) is 17.2. The van der Waals surface area contributed by atoms with Gasteiger partial charge in [0.25, 0.3) is 0 Å². The molecule has 2 aromatic carbocycles. The Kier molecular flexibility index (Phi) is 5.49. The van der Waals surface area contributed by atoms with Crippen molar-refractivity contribution < 1.29 is 14.6 Å². The predicted molar refractivity (Wildman–Crippen MR) is 116 cm³/mol. The van der Waals surface area contributed by atoms with Crippen LogP contribution < -0.4 is 14.8 Å². The number of nitrogens with zero attached hydrogens (tertiary/aromatic N) is 1. The van der Waals surface area contributed by atoms with Crippen LogP contribution in [0.15, 0.2) is 48.5 Å². The highest BCUT2D eigenvalue weighted by molar-refractivity contribution is 6.31. The predicted octanol–water partition coefficient (Wildman–Crippen LogP) is 5.96. The number of nitrogens with one attached hydrogen (secondary N) is 1. The molecular formula is C23H23ClN2O3. The average Bonchev–Trinajstić information content (AvgIpc) is 3.17. The molecule has 1 aliphatic rings. The quantitative estimate of drug-likeness (QED) is 0.524. The maximum absolute atomic E-state index is 10.4. The fourth-order valence-electron chi connectivity index (χ4n) is 3.20. The summed E-state index contributed by atoms with van der Waals surface area (Å²) in [5, 5.41) is 14.3. The second-order valence-corrected chi connectivity index (χ2v) is 7.90. The third-order valence-corrected chi connectivity index (χ3v) is 5.03. The van der Waals surface area contributed by atoms with Gasteiger partial charge in [0.2, 0.25) is 6.79 Å². The molecule has 0 aliphatic carbocycles. The van der Waals surface area contributed by atoms with Crippen LogP contribution in [0, 0.1) is 5.92 Å². The van der Waals surface area contributed by atoms with E-state index in [1.165, 1.54) is 0 Å². The Bertz CT molecular complexity index is 1040. The lowest BCUT2D eigenvalue weighted by atomic mass is 10.0. The smallest absolute Gasteiger partial charge is 0.231 e. The summed E-state index contributed by atoms with van der Waals surface area (Å²) in [5.41, 5.74) is 3.17. The molecule has 6 heteroatoms. The molecule has 0 atom stereocenters. The number of rotatable bonds is 6. The lowest BCUT2D eigenvalue weighted by Gasteiger charge is -2.13. The number of hydrogen-bond acceptors (Lipinski definition) is 5. The van der Waals surface area contributed by atoms with E-state index in [9.17, 15) is 5.11 Å². The molecule has 150 valence electrons. The number of benzene rings is 2. The molecule has 0 spiro atoms. The second-order valence-electron chi connectivity index (χ2n) is 7.47. The minimum absolute atomic E-state index is 0.137. The Morgan fingerprint density at radius 2 is 1.86 bits per heavy atom. The van der Waals surface area contributed by atoms with E-state index >= 15 is 0 Å². The zero-order chi connectivity index (χ0) is 20.4. The highest BCUT2D eigenvalue weighted by atomic mass is 35.5. The van der Waals surface area contributed by atoms with Crippen molar-refractivity contribution in [3.05, 3.63) is 53.6 Å². The van der Waals surface area contributed by atoms with Crippen LogP contribution in [0.5, 0.6) is 17.2 Å². The molecule has 1 aromatic heterocycles. The summed E-state index contributed by atoms with van der Waals surface area (Å²) >= 11 is 6.16. The topological polar surface area (TPSA) is 63.6 Å². The maximum atomic E-state index is 10.4. The van der Waals surface area contributed by atoms with E-state index in [0.717, 1.165) is 41.4 Å². The summed E-state index contributed by atoms with van der Waals surface area (Å²) in [7, 11) is 0. The number of phenolic OH excluding ortho intramolecular Hbond substituents is 1. The van der Waals surface area contributed by atoms with Crippen molar-refractivity contribution in [3.63, 3.8) is 0 Å². The lowest BCUT2D eigenvalue weighted by Crippen LogP contribution is -2.06. The van der Waals surface area contributed by atoms with Crippen LogP contribution in [0.4, 0.5) is 5.82 Å².